The van der Waals surface area contributed by atoms with Gasteiger partial charge >= 0.3 is 0 Å². The second kappa shape index (κ2) is 11.8. The van der Waals surface area contributed by atoms with Crippen LogP contribution in [0.3, 0.4) is 0 Å². The Bertz CT molecular complexity index is 385. The monoisotopic (exact) mass is 360 g/mol. The summed E-state index contributed by atoms with van der Waals surface area (Å²) in [6, 6.07) is 5.94. The average Bonchev–Trinajstić information content (AvgIpc) is 2.52. The molecule has 0 bridgehead atoms. The zero-order valence-corrected chi connectivity index (χ0v) is 14.5. The number of benzene rings is 1. The average molecular weight is 361 g/mol. The third kappa shape index (κ3) is 7.69. The Morgan fingerprint density at radius 2 is 1.86 bits per heavy atom. The van der Waals surface area contributed by atoms with E-state index in [0.29, 0.717) is 19.8 Å². The van der Waals surface area contributed by atoms with Crippen molar-refractivity contribution in [2.75, 3.05) is 40.1 Å². The van der Waals surface area contributed by atoms with Crippen LogP contribution in [0.25, 0.3) is 0 Å². The number of rotatable bonds is 12. The van der Waals surface area contributed by atoms with Crippen molar-refractivity contribution in [3.05, 3.63) is 23.8 Å². The van der Waals surface area contributed by atoms with Gasteiger partial charge in [-0.2, -0.15) is 0 Å². The Hall–Kier alpha value is -0.780. The lowest BCUT2D eigenvalue weighted by atomic mass is 10.2. The Morgan fingerprint density at radius 3 is 2.57 bits per heavy atom. The van der Waals surface area contributed by atoms with Crippen LogP contribution in [0.15, 0.2) is 18.2 Å². The van der Waals surface area contributed by atoms with Crippen molar-refractivity contribution in [2.24, 2.45) is 0 Å². The molecule has 0 atom stereocenters. The molecule has 21 heavy (non-hydrogen) atoms. The molecule has 0 fully saturated rings. The number of halogens is 1. The van der Waals surface area contributed by atoms with Crippen LogP contribution in [0.5, 0.6) is 11.5 Å². The van der Waals surface area contributed by atoms with Gasteiger partial charge in [-0.05, 0) is 18.9 Å². The largest absolute Gasteiger partial charge is 0.493 e. The van der Waals surface area contributed by atoms with E-state index in [4.69, 9.17) is 18.9 Å². The molecular weight excluding hydrogens is 336 g/mol. The molecule has 0 radical (unpaired) electrons. The van der Waals surface area contributed by atoms with E-state index in [0.717, 1.165) is 48.4 Å². The van der Waals surface area contributed by atoms with Crippen LogP contribution >= 0.6 is 15.9 Å². The minimum absolute atomic E-state index is 0.532. The maximum Gasteiger partial charge on any atom is 0.127 e. The lowest BCUT2D eigenvalue weighted by Gasteiger charge is -2.13. The molecule has 0 heterocycles. The van der Waals surface area contributed by atoms with Crippen LogP contribution < -0.4 is 9.47 Å². The Kier molecular flexibility index (Phi) is 10.3. The summed E-state index contributed by atoms with van der Waals surface area (Å²) in [7, 11) is 1.69. The first-order chi connectivity index (χ1) is 10.3. The lowest BCUT2D eigenvalue weighted by molar-refractivity contribution is 0.0804. The molecular formula is C16H25BrO4. The fourth-order valence-electron chi connectivity index (χ4n) is 1.71. The summed E-state index contributed by atoms with van der Waals surface area (Å²) in [4.78, 5) is 0. The van der Waals surface area contributed by atoms with Crippen molar-refractivity contribution in [3.63, 3.8) is 0 Å². The zero-order chi connectivity index (χ0) is 15.3. The number of methoxy groups -OCH3 is 1. The highest BCUT2D eigenvalue weighted by Gasteiger charge is 2.05. The maximum absolute atomic E-state index is 5.79. The Morgan fingerprint density at radius 1 is 1.00 bits per heavy atom. The Labute approximate surface area is 135 Å². The van der Waals surface area contributed by atoms with Crippen molar-refractivity contribution in [3.8, 4) is 11.5 Å². The number of alkyl halides is 1. The highest BCUT2D eigenvalue weighted by atomic mass is 79.9. The molecule has 0 N–H and O–H groups in total. The minimum Gasteiger partial charge on any atom is -0.493 e. The van der Waals surface area contributed by atoms with Crippen molar-refractivity contribution >= 4 is 15.9 Å². The summed E-state index contributed by atoms with van der Waals surface area (Å²) >= 11 is 3.47. The summed E-state index contributed by atoms with van der Waals surface area (Å²) in [5.74, 6) is 1.69. The minimum atomic E-state index is 0.532. The van der Waals surface area contributed by atoms with Crippen molar-refractivity contribution in [1.82, 2.24) is 0 Å². The van der Waals surface area contributed by atoms with Crippen molar-refractivity contribution < 1.29 is 18.9 Å². The Balaban J connectivity index is 2.37. The molecule has 5 heteroatoms. The van der Waals surface area contributed by atoms with Gasteiger partial charge in [-0.3, -0.25) is 0 Å². The SMILES string of the molecule is CCCOc1ccc(CBr)c(OCCOCCCOC)c1. The van der Waals surface area contributed by atoms with Crippen LogP contribution in [0, 0.1) is 0 Å². The molecule has 4 nitrogen and oxygen atoms in total. The van der Waals surface area contributed by atoms with Gasteiger partial charge in [0.05, 0.1) is 13.2 Å². The van der Waals surface area contributed by atoms with Gasteiger partial charge in [-0.15, -0.1) is 0 Å². The molecule has 0 aromatic heterocycles. The topological polar surface area (TPSA) is 36.9 Å². The third-order valence-corrected chi connectivity index (χ3v) is 3.38. The predicted molar refractivity (Wildman–Crippen MR) is 87.7 cm³/mol. The molecule has 0 unspecified atom stereocenters. The highest BCUT2D eigenvalue weighted by Crippen LogP contribution is 2.26. The highest BCUT2D eigenvalue weighted by molar-refractivity contribution is 9.08. The molecule has 0 amide bonds. The molecule has 1 aromatic rings. The lowest BCUT2D eigenvalue weighted by Crippen LogP contribution is -2.09. The quantitative estimate of drug-likeness (QED) is 0.419. The van der Waals surface area contributed by atoms with E-state index in [-0.39, 0.29) is 0 Å². The molecule has 0 spiro atoms. The van der Waals surface area contributed by atoms with Gasteiger partial charge in [0.2, 0.25) is 0 Å². The smallest absolute Gasteiger partial charge is 0.127 e. The first kappa shape index (κ1) is 18.3. The van der Waals surface area contributed by atoms with E-state index in [1.54, 1.807) is 7.11 Å². The summed E-state index contributed by atoms with van der Waals surface area (Å²) in [6.07, 6.45) is 1.90. The van der Waals surface area contributed by atoms with Crippen LogP contribution in [0.1, 0.15) is 25.3 Å². The fraction of sp³-hybridized carbons (Fsp3) is 0.625. The van der Waals surface area contributed by atoms with E-state index in [2.05, 4.69) is 22.9 Å². The van der Waals surface area contributed by atoms with Gasteiger partial charge in [-0.25, -0.2) is 0 Å². The summed E-state index contributed by atoms with van der Waals surface area (Å²) < 4.78 is 21.9. The molecule has 1 aromatic carbocycles. The van der Waals surface area contributed by atoms with Crippen LogP contribution in [-0.4, -0.2) is 40.1 Å². The fourth-order valence-corrected chi connectivity index (χ4v) is 2.17. The van der Waals surface area contributed by atoms with Gasteiger partial charge in [-0.1, -0.05) is 28.9 Å². The number of hydrogen-bond acceptors (Lipinski definition) is 4. The summed E-state index contributed by atoms with van der Waals surface area (Å²) in [6.45, 7) is 5.34. The van der Waals surface area contributed by atoms with Gasteiger partial charge in [0.25, 0.3) is 0 Å². The molecule has 0 aliphatic heterocycles. The second-order valence-electron chi connectivity index (χ2n) is 4.56. The summed E-state index contributed by atoms with van der Waals surface area (Å²) in [5.41, 5.74) is 1.11. The van der Waals surface area contributed by atoms with Gasteiger partial charge in [0.1, 0.15) is 18.1 Å². The van der Waals surface area contributed by atoms with Crippen molar-refractivity contribution in [1.29, 1.82) is 0 Å². The van der Waals surface area contributed by atoms with Crippen molar-refractivity contribution in [2.45, 2.75) is 25.1 Å². The molecule has 120 valence electrons. The third-order valence-electron chi connectivity index (χ3n) is 2.78. The van der Waals surface area contributed by atoms with E-state index in [1.807, 2.05) is 18.2 Å². The van der Waals surface area contributed by atoms with Gasteiger partial charge < -0.3 is 18.9 Å². The molecule has 0 saturated carbocycles. The summed E-state index contributed by atoms with van der Waals surface area (Å²) in [5, 5.41) is 0.755. The van der Waals surface area contributed by atoms with Gasteiger partial charge in [0, 0.05) is 37.3 Å². The first-order valence-corrected chi connectivity index (χ1v) is 8.45. The van der Waals surface area contributed by atoms with Gasteiger partial charge in [0.15, 0.2) is 0 Å². The number of hydrogen-bond donors (Lipinski definition) is 0. The van der Waals surface area contributed by atoms with Crippen LogP contribution in [-0.2, 0) is 14.8 Å². The first-order valence-electron chi connectivity index (χ1n) is 7.33. The van der Waals surface area contributed by atoms with E-state index in [1.165, 1.54) is 0 Å². The molecule has 0 aliphatic carbocycles. The standard InChI is InChI=1S/C16H25BrO4/c1-3-7-20-15-6-5-14(13-17)16(12-15)21-11-10-19-9-4-8-18-2/h5-6,12H,3-4,7-11,13H2,1-2H3. The second-order valence-corrected chi connectivity index (χ2v) is 5.12. The van der Waals surface area contributed by atoms with Crippen LogP contribution in [0.4, 0.5) is 0 Å². The normalized spacial score (nSPS) is 10.6. The number of ether oxygens (including phenoxy) is 4. The zero-order valence-electron chi connectivity index (χ0n) is 12.9. The maximum atomic E-state index is 5.79. The predicted octanol–water partition coefficient (Wildman–Crippen LogP) is 3.80. The van der Waals surface area contributed by atoms with E-state index >= 15 is 0 Å². The molecule has 1 rings (SSSR count). The van der Waals surface area contributed by atoms with Crippen LogP contribution in [0.2, 0.25) is 0 Å². The molecule has 0 saturated heterocycles. The van der Waals surface area contributed by atoms with E-state index < -0.39 is 0 Å². The molecule has 0 aliphatic rings. The van der Waals surface area contributed by atoms with E-state index in [9.17, 15) is 0 Å².